The van der Waals surface area contributed by atoms with E-state index in [0.717, 1.165) is 19.1 Å². The van der Waals surface area contributed by atoms with Gasteiger partial charge in [0.25, 0.3) is 0 Å². The molecule has 0 bridgehead atoms. The second kappa shape index (κ2) is 6.37. The summed E-state index contributed by atoms with van der Waals surface area (Å²) in [5, 5.41) is 8.81. The molecule has 0 radical (unpaired) electrons. The lowest BCUT2D eigenvalue weighted by molar-refractivity contribution is 0.0182. The molecule has 1 aliphatic rings. The molecule has 1 amide bonds. The molecule has 122 valence electrons. The lowest BCUT2D eigenvalue weighted by Crippen LogP contribution is -2.42. The molecule has 0 saturated carbocycles. The first-order valence-corrected chi connectivity index (χ1v) is 7.40. The molecule has 0 aliphatic carbocycles. The summed E-state index contributed by atoms with van der Waals surface area (Å²) in [6.45, 7) is 6.80. The Morgan fingerprint density at radius 1 is 1.41 bits per heavy atom. The van der Waals surface area contributed by atoms with Gasteiger partial charge in [-0.2, -0.15) is 0 Å². The number of ether oxygens (including phenoxy) is 1. The Morgan fingerprint density at radius 2 is 2.05 bits per heavy atom. The zero-order chi connectivity index (χ0) is 16.3. The Labute approximate surface area is 129 Å². The summed E-state index contributed by atoms with van der Waals surface area (Å²) in [5.41, 5.74) is -0.555. The minimum atomic E-state index is -1.09. The predicted molar refractivity (Wildman–Crippen MR) is 77.7 cm³/mol. The molecule has 1 aromatic heterocycles. The Kier molecular flexibility index (Phi) is 4.73. The number of aromatic carboxylic acids is 1. The smallest absolute Gasteiger partial charge is 0.410 e. The van der Waals surface area contributed by atoms with Gasteiger partial charge in [-0.05, 0) is 39.5 Å². The number of rotatable bonds is 3. The van der Waals surface area contributed by atoms with Crippen LogP contribution in [0.5, 0.6) is 0 Å². The summed E-state index contributed by atoms with van der Waals surface area (Å²) in [6.07, 6.45) is 3.12. The Morgan fingerprint density at radius 3 is 2.55 bits per heavy atom. The Bertz CT molecular complexity index is 538. The van der Waals surface area contributed by atoms with E-state index in [1.54, 1.807) is 4.90 Å². The molecule has 22 heavy (non-hydrogen) atoms. The monoisotopic (exact) mass is 310 g/mol. The van der Waals surface area contributed by atoms with Crippen molar-refractivity contribution in [2.45, 2.75) is 45.6 Å². The molecular formula is C15H22N2O5. The number of likely N-dealkylation sites (tertiary alicyclic amines) is 1. The fourth-order valence-electron chi connectivity index (χ4n) is 2.40. The van der Waals surface area contributed by atoms with Crippen LogP contribution in [0.1, 0.15) is 50.0 Å². The van der Waals surface area contributed by atoms with Crippen molar-refractivity contribution < 1.29 is 23.8 Å². The molecule has 1 saturated heterocycles. The van der Waals surface area contributed by atoms with Crippen LogP contribution >= 0.6 is 0 Å². The first-order chi connectivity index (χ1) is 10.2. The van der Waals surface area contributed by atoms with Crippen molar-refractivity contribution >= 4 is 12.1 Å². The average molecular weight is 310 g/mol. The van der Waals surface area contributed by atoms with Crippen LogP contribution < -0.4 is 0 Å². The van der Waals surface area contributed by atoms with E-state index in [0.29, 0.717) is 31.3 Å². The predicted octanol–water partition coefficient (Wildman–Crippen LogP) is 2.56. The van der Waals surface area contributed by atoms with Crippen molar-refractivity contribution in [3.05, 3.63) is 17.8 Å². The second-order valence-electron chi connectivity index (χ2n) is 6.55. The van der Waals surface area contributed by atoms with Crippen molar-refractivity contribution in [3.8, 4) is 0 Å². The highest BCUT2D eigenvalue weighted by Crippen LogP contribution is 2.23. The summed E-state index contributed by atoms with van der Waals surface area (Å²) in [7, 11) is 0. The van der Waals surface area contributed by atoms with Crippen LogP contribution in [0, 0.1) is 5.92 Å². The molecular weight excluding hydrogens is 288 g/mol. The van der Waals surface area contributed by atoms with Crippen LogP contribution in [0.15, 0.2) is 10.7 Å². The third-order valence-corrected chi connectivity index (χ3v) is 3.50. The van der Waals surface area contributed by atoms with Gasteiger partial charge in [-0.1, -0.05) is 0 Å². The number of carboxylic acid groups (broad SMARTS) is 1. The van der Waals surface area contributed by atoms with Crippen molar-refractivity contribution in [1.82, 2.24) is 9.88 Å². The number of hydrogen-bond donors (Lipinski definition) is 1. The van der Waals surface area contributed by atoms with E-state index in [4.69, 9.17) is 14.3 Å². The SMILES string of the molecule is CC(C)(C)OC(=O)N1CCC(Cc2nc(C(=O)O)co2)CC1. The van der Waals surface area contributed by atoms with Crippen LogP contribution in [0.25, 0.3) is 0 Å². The largest absolute Gasteiger partial charge is 0.476 e. The Hall–Kier alpha value is -2.05. The molecule has 0 spiro atoms. The van der Waals surface area contributed by atoms with Gasteiger partial charge >= 0.3 is 12.1 Å². The first-order valence-electron chi connectivity index (χ1n) is 7.40. The van der Waals surface area contributed by atoms with E-state index in [1.165, 1.54) is 0 Å². The number of oxazole rings is 1. The van der Waals surface area contributed by atoms with Gasteiger partial charge in [0.2, 0.25) is 0 Å². The molecule has 2 rings (SSSR count). The maximum Gasteiger partial charge on any atom is 0.410 e. The van der Waals surface area contributed by atoms with E-state index < -0.39 is 11.6 Å². The van der Waals surface area contributed by atoms with Gasteiger partial charge in [-0.15, -0.1) is 0 Å². The lowest BCUT2D eigenvalue weighted by Gasteiger charge is -2.33. The highest BCUT2D eigenvalue weighted by molar-refractivity contribution is 5.84. The molecule has 2 heterocycles. The van der Waals surface area contributed by atoms with Gasteiger partial charge in [0.05, 0.1) is 0 Å². The van der Waals surface area contributed by atoms with Crippen LogP contribution in [0.4, 0.5) is 4.79 Å². The molecule has 1 fully saturated rings. The second-order valence-corrected chi connectivity index (χ2v) is 6.55. The van der Waals surface area contributed by atoms with Crippen molar-refractivity contribution in [2.24, 2.45) is 5.92 Å². The average Bonchev–Trinajstić information content (AvgIpc) is 2.86. The quantitative estimate of drug-likeness (QED) is 0.922. The van der Waals surface area contributed by atoms with Crippen LogP contribution in [-0.4, -0.2) is 45.7 Å². The number of hydrogen-bond acceptors (Lipinski definition) is 5. The van der Waals surface area contributed by atoms with E-state index >= 15 is 0 Å². The summed E-state index contributed by atoms with van der Waals surface area (Å²) in [4.78, 5) is 28.4. The van der Waals surface area contributed by atoms with E-state index in [1.807, 2.05) is 20.8 Å². The third kappa shape index (κ3) is 4.47. The van der Waals surface area contributed by atoms with Gasteiger partial charge in [0.15, 0.2) is 11.6 Å². The Balaban J connectivity index is 1.81. The zero-order valence-corrected chi connectivity index (χ0v) is 13.2. The molecule has 0 aromatic carbocycles. The minimum absolute atomic E-state index is 0.0683. The van der Waals surface area contributed by atoms with Gasteiger partial charge < -0.3 is 19.2 Å². The number of carboxylic acids is 1. The van der Waals surface area contributed by atoms with Crippen LogP contribution in [0.3, 0.4) is 0 Å². The fourth-order valence-corrected chi connectivity index (χ4v) is 2.40. The molecule has 0 atom stereocenters. The molecule has 7 nitrogen and oxygen atoms in total. The van der Waals surface area contributed by atoms with Crippen molar-refractivity contribution in [1.29, 1.82) is 0 Å². The maximum absolute atomic E-state index is 12.0. The number of carbonyl (C=O) groups is 2. The summed E-state index contributed by atoms with van der Waals surface area (Å²) in [6, 6.07) is 0. The van der Waals surface area contributed by atoms with Crippen molar-refractivity contribution in [2.75, 3.05) is 13.1 Å². The first kappa shape index (κ1) is 16.3. The van der Waals surface area contributed by atoms with E-state index in [2.05, 4.69) is 4.98 Å². The molecule has 1 aliphatic heterocycles. The highest BCUT2D eigenvalue weighted by Gasteiger charge is 2.27. The molecule has 1 aromatic rings. The van der Waals surface area contributed by atoms with Crippen molar-refractivity contribution in [3.63, 3.8) is 0 Å². The normalized spacial score (nSPS) is 16.6. The van der Waals surface area contributed by atoms with E-state index in [9.17, 15) is 9.59 Å². The lowest BCUT2D eigenvalue weighted by atomic mass is 9.94. The number of aromatic nitrogens is 1. The molecule has 1 N–H and O–H groups in total. The number of nitrogens with zero attached hydrogens (tertiary/aromatic N) is 2. The topological polar surface area (TPSA) is 92.9 Å². The van der Waals surface area contributed by atoms with Gasteiger partial charge in [-0.3, -0.25) is 0 Å². The summed E-state index contributed by atoms with van der Waals surface area (Å²) in [5.74, 6) is -0.318. The van der Waals surface area contributed by atoms with Gasteiger partial charge in [0.1, 0.15) is 11.9 Å². The number of amides is 1. The summed E-state index contributed by atoms with van der Waals surface area (Å²) >= 11 is 0. The molecule has 0 unspecified atom stereocenters. The number of carbonyl (C=O) groups excluding carboxylic acids is 1. The highest BCUT2D eigenvalue weighted by atomic mass is 16.6. The fraction of sp³-hybridized carbons (Fsp3) is 0.667. The van der Waals surface area contributed by atoms with Crippen LogP contribution in [-0.2, 0) is 11.2 Å². The minimum Gasteiger partial charge on any atom is -0.476 e. The maximum atomic E-state index is 12.0. The van der Waals surface area contributed by atoms with E-state index in [-0.39, 0.29) is 11.8 Å². The zero-order valence-electron chi connectivity index (χ0n) is 13.2. The standard InChI is InChI=1S/C15H22N2O5/c1-15(2,3)22-14(20)17-6-4-10(5-7-17)8-12-16-11(9-21-12)13(18)19/h9-10H,4-8H2,1-3H3,(H,18,19). The molecule has 7 heteroatoms. The number of piperidine rings is 1. The van der Waals surface area contributed by atoms with Crippen LogP contribution in [0.2, 0.25) is 0 Å². The van der Waals surface area contributed by atoms with Gasteiger partial charge in [-0.25, -0.2) is 14.6 Å². The summed E-state index contributed by atoms with van der Waals surface area (Å²) < 4.78 is 10.5. The van der Waals surface area contributed by atoms with Gasteiger partial charge in [0, 0.05) is 19.5 Å². The third-order valence-electron chi connectivity index (χ3n) is 3.50.